The lowest BCUT2D eigenvalue weighted by molar-refractivity contribution is -0.384. The first-order valence-electron chi connectivity index (χ1n) is 9.41. The summed E-state index contributed by atoms with van der Waals surface area (Å²) in [5, 5.41) is 23.2. The summed E-state index contributed by atoms with van der Waals surface area (Å²) in [7, 11) is 0. The molecular weight excluding hydrogens is 569 g/mol. The molecule has 0 heterocycles. The van der Waals surface area contributed by atoms with Gasteiger partial charge in [-0.25, -0.2) is 0 Å². The van der Waals surface area contributed by atoms with Crippen LogP contribution in [0.1, 0.15) is 11.1 Å². The highest BCUT2D eigenvalue weighted by atomic mass is 79.9. The minimum absolute atomic E-state index is 0.0350. The van der Waals surface area contributed by atoms with Crippen molar-refractivity contribution in [1.29, 1.82) is 5.26 Å². The van der Waals surface area contributed by atoms with Crippen molar-refractivity contribution in [3.63, 3.8) is 0 Å². The first kappa shape index (κ1) is 25.5. The maximum absolute atomic E-state index is 12.6. The number of anilines is 1. The van der Waals surface area contributed by atoms with Gasteiger partial charge in [0.15, 0.2) is 0 Å². The van der Waals surface area contributed by atoms with Gasteiger partial charge in [0.1, 0.15) is 24.0 Å². The molecule has 0 bridgehead atoms. The lowest BCUT2D eigenvalue weighted by atomic mass is 10.1. The summed E-state index contributed by atoms with van der Waals surface area (Å²) in [6.07, 6.45) is 1.37. The van der Waals surface area contributed by atoms with Crippen LogP contribution in [0.25, 0.3) is 6.08 Å². The maximum atomic E-state index is 12.6. The summed E-state index contributed by atoms with van der Waals surface area (Å²) in [5.74, 6) is -0.209. The van der Waals surface area contributed by atoms with E-state index in [9.17, 15) is 20.2 Å². The maximum Gasteiger partial charge on any atom is 0.272 e. The third-order valence-electron chi connectivity index (χ3n) is 4.42. The van der Waals surface area contributed by atoms with E-state index in [-0.39, 0.29) is 27.0 Å². The van der Waals surface area contributed by atoms with Crippen molar-refractivity contribution >= 4 is 74.1 Å². The molecule has 0 aliphatic rings. The highest BCUT2D eigenvalue weighted by Gasteiger charge is 2.18. The highest BCUT2D eigenvalue weighted by molar-refractivity contribution is 9.10. The molecule has 0 radical (unpaired) electrons. The number of nitro groups is 1. The number of amides is 1. The summed E-state index contributed by atoms with van der Waals surface area (Å²) in [4.78, 5) is 22.9. The van der Waals surface area contributed by atoms with Gasteiger partial charge in [-0.3, -0.25) is 14.9 Å². The van der Waals surface area contributed by atoms with Crippen LogP contribution in [0.2, 0.25) is 15.1 Å². The molecule has 0 aliphatic heterocycles. The van der Waals surface area contributed by atoms with Crippen LogP contribution < -0.4 is 10.1 Å². The van der Waals surface area contributed by atoms with Crippen molar-refractivity contribution in [2.24, 2.45) is 0 Å². The van der Waals surface area contributed by atoms with Gasteiger partial charge in [-0.15, -0.1) is 0 Å². The third-order valence-corrected chi connectivity index (χ3v) is 5.88. The second-order valence-electron chi connectivity index (χ2n) is 6.77. The minimum atomic E-state index is -0.778. The number of benzene rings is 3. The van der Waals surface area contributed by atoms with Crippen LogP contribution in [0.4, 0.5) is 11.4 Å². The van der Waals surface area contributed by atoms with Crippen LogP contribution in [0.5, 0.6) is 5.75 Å². The zero-order chi connectivity index (χ0) is 24.8. The van der Waals surface area contributed by atoms with E-state index >= 15 is 0 Å². The molecular formula is C23H13BrCl3N3O4. The molecule has 3 aromatic carbocycles. The van der Waals surface area contributed by atoms with Crippen molar-refractivity contribution in [1.82, 2.24) is 0 Å². The molecule has 0 unspecified atom stereocenters. The number of nitro benzene ring substituents is 1. The Morgan fingerprint density at radius 1 is 1.12 bits per heavy atom. The molecule has 11 heteroatoms. The number of rotatable bonds is 7. The van der Waals surface area contributed by atoms with E-state index in [1.165, 1.54) is 6.08 Å². The van der Waals surface area contributed by atoms with Crippen molar-refractivity contribution in [2.75, 3.05) is 5.32 Å². The molecule has 1 amide bonds. The van der Waals surface area contributed by atoms with E-state index in [0.717, 1.165) is 17.7 Å². The second-order valence-corrected chi connectivity index (χ2v) is 8.88. The molecule has 3 aromatic rings. The molecule has 0 saturated carbocycles. The molecule has 0 aliphatic carbocycles. The molecule has 0 fully saturated rings. The zero-order valence-electron chi connectivity index (χ0n) is 17.0. The number of halogens is 4. The quantitative estimate of drug-likeness (QED) is 0.135. The fourth-order valence-electron chi connectivity index (χ4n) is 2.75. The Morgan fingerprint density at radius 2 is 1.76 bits per heavy atom. The summed E-state index contributed by atoms with van der Waals surface area (Å²) in [6.45, 7) is 0.327. The Morgan fingerprint density at radius 3 is 2.32 bits per heavy atom. The topological polar surface area (TPSA) is 105 Å². The SMILES string of the molecule is N#C/C(=C\c1ccc(OCc2ccc(Cl)cc2)c(Br)c1)C(=O)Nc1c(Cl)cc([N+](=O)[O-])cc1Cl. The molecule has 0 spiro atoms. The zero-order valence-corrected chi connectivity index (χ0v) is 20.9. The van der Waals surface area contributed by atoms with E-state index in [1.807, 2.05) is 18.2 Å². The van der Waals surface area contributed by atoms with E-state index in [1.54, 1.807) is 30.3 Å². The lowest BCUT2D eigenvalue weighted by Gasteiger charge is -2.10. The summed E-state index contributed by atoms with van der Waals surface area (Å²) >= 11 is 21.3. The van der Waals surface area contributed by atoms with Crippen LogP contribution >= 0.6 is 50.7 Å². The molecule has 7 nitrogen and oxygen atoms in total. The van der Waals surface area contributed by atoms with Gasteiger partial charge in [0.25, 0.3) is 11.6 Å². The summed E-state index contributed by atoms with van der Waals surface area (Å²) in [6, 6.07) is 16.3. The van der Waals surface area contributed by atoms with Gasteiger partial charge in [0.05, 0.1) is 25.1 Å². The van der Waals surface area contributed by atoms with Gasteiger partial charge >= 0.3 is 0 Å². The van der Waals surface area contributed by atoms with Crippen LogP contribution in [0, 0.1) is 21.4 Å². The number of ether oxygens (including phenoxy) is 1. The number of carbonyl (C=O) groups is 1. The van der Waals surface area contributed by atoms with E-state index in [0.29, 0.717) is 27.4 Å². The number of nitriles is 1. The number of carbonyl (C=O) groups excluding carboxylic acids is 1. The van der Waals surface area contributed by atoms with E-state index < -0.39 is 10.8 Å². The molecule has 0 saturated heterocycles. The van der Waals surface area contributed by atoms with E-state index in [4.69, 9.17) is 39.5 Å². The predicted molar refractivity (Wildman–Crippen MR) is 135 cm³/mol. The van der Waals surface area contributed by atoms with Crippen molar-refractivity contribution in [3.8, 4) is 11.8 Å². The van der Waals surface area contributed by atoms with Crippen LogP contribution in [0.15, 0.2) is 64.6 Å². The van der Waals surface area contributed by atoms with E-state index in [2.05, 4.69) is 21.2 Å². The molecule has 34 heavy (non-hydrogen) atoms. The van der Waals surface area contributed by atoms with Crippen LogP contribution in [0.3, 0.4) is 0 Å². The molecule has 0 aromatic heterocycles. The van der Waals surface area contributed by atoms with Gasteiger partial charge in [-0.05, 0) is 57.4 Å². The van der Waals surface area contributed by atoms with Gasteiger partial charge in [-0.2, -0.15) is 5.26 Å². The number of nitrogens with zero attached hydrogens (tertiary/aromatic N) is 2. The lowest BCUT2D eigenvalue weighted by Crippen LogP contribution is -2.14. The van der Waals surface area contributed by atoms with Crippen LogP contribution in [-0.2, 0) is 11.4 Å². The summed E-state index contributed by atoms with van der Waals surface area (Å²) < 4.78 is 6.42. The monoisotopic (exact) mass is 579 g/mol. The van der Waals surface area contributed by atoms with Gasteiger partial charge in [0.2, 0.25) is 0 Å². The Bertz CT molecular complexity index is 1320. The number of nitrogens with one attached hydrogen (secondary N) is 1. The van der Waals surface area contributed by atoms with Gasteiger partial charge in [-0.1, -0.05) is 53.0 Å². The molecule has 172 valence electrons. The smallest absolute Gasteiger partial charge is 0.272 e. The van der Waals surface area contributed by atoms with Crippen LogP contribution in [-0.4, -0.2) is 10.8 Å². The Balaban J connectivity index is 1.75. The largest absolute Gasteiger partial charge is 0.488 e. The first-order valence-corrected chi connectivity index (χ1v) is 11.3. The second kappa shape index (κ2) is 11.4. The Labute approximate surface area is 217 Å². The highest BCUT2D eigenvalue weighted by Crippen LogP contribution is 2.35. The average Bonchev–Trinajstić information content (AvgIpc) is 2.80. The van der Waals surface area contributed by atoms with Gasteiger partial charge in [0, 0.05) is 17.2 Å². The first-order chi connectivity index (χ1) is 16.2. The van der Waals surface area contributed by atoms with Crippen molar-refractivity contribution in [3.05, 3.63) is 101 Å². The molecule has 1 N–H and O–H groups in total. The fraction of sp³-hybridized carbons (Fsp3) is 0.0435. The fourth-order valence-corrected chi connectivity index (χ4v) is 3.95. The Kier molecular flexibility index (Phi) is 8.53. The number of hydrogen-bond donors (Lipinski definition) is 1. The third kappa shape index (κ3) is 6.49. The molecule has 0 atom stereocenters. The molecule has 3 rings (SSSR count). The Hall–Kier alpha value is -3.09. The number of non-ortho nitro benzene ring substituents is 1. The predicted octanol–water partition coefficient (Wildman–Crippen LogP) is 7.44. The normalized spacial score (nSPS) is 11.0. The average molecular weight is 582 g/mol. The van der Waals surface area contributed by atoms with Crippen molar-refractivity contribution < 1.29 is 14.5 Å². The summed E-state index contributed by atoms with van der Waals surface area (Å²) in [5.41, 5.74) is 0.900. The standard InChI is InChI=1S/C23H13BrCl3N3O4/c24-18-8-14(3-6-21(18)34-12-13-1-4-16(25)5-2-13)7-15(11-28)23(31)29-22-19(26)9-17(30(32)33)10-20(22)27/h1-10H,12H2,(H,29,31)/b15-7+. The van der Waals surface area contributed by atoms with Gasteiger partial charge < -0.3 is 10.1 Å². The minimum Gasteiger partial charge on any atom is -0.488 e. The van der Waals surface area contributed by atoms with Crippen molar-refractivity contribution in [2.45, 2.75) is 6.61 Å². The number of hydrogen-bond acceptors (Lipinski definition) is 5.